The standard InChI is InChI=1S/C11H15IN6O2/c1-3-9(19)20-6-4-5-18-15-11(14-16-18)10-8(12)7-13-17(10)2/h7H,3-6H2,1-2H3. The lowest BCUT2D eigenvalue weighted by Crippen LogP contribution is -2.09. The zero-order valence-electron chi connectivity index (χ0n) is 11.3. The van der Waals surface area contributed by atoms with Crippen LogP contribution in [0.5, 0.6) is 0 Å². The van der Waals surface area contributed by atoms with Crippen LogP contribution in [0.25, 0.3) is 11.5 Å². The van der Waals surface area contributed by atoms with Gasteiger partial charge in [0.15, 0.2) is 0 Å². The first-order valence-electron chi connectivity index (χ1n) is 6.23. The quantitative estimate of drug-likeness (QED) is 0.416. The summed E-state index contributed by atoms with van der Waals surface area (Å²) in [7, 11) is 1.84. The van der Waals surface area contributed by atoms with Crippen molar-refractivity contribution in [3.05, 3.63) is 9.77 Å². The number of aromatic nitrogens is 6. The number of nitrogens with zero attached hydrogens (tertiary/aromatic N) is 6. The second-order valence-corrected chi connectivity index (χ2v) is 5.26. The van der Waals surface area contributed by atoms with E-state index in [4.69, 9.17) is 4.74 Å². The Hall–Kier alpha value is -1.52. The van der Waals surface area contributed by atoms with Gasteiger partial charge in [0.25, 0.3) is 0 Å². The molecule has 2 heterocycles. The average Bonchev–Trinajstić information content (AvgIpc) is 3.01. The Morgan fingerprint density at radius 2 is 2.30 bits per heavy atom. The van der Waals surface area contributed by atoms with Crippen molar-refractivity contribution in [1.82, 2.24) is 30.0 Å². The molecular weight excluding hydrogens is 375 g/mol. The van der Waals surface area contributed by atoms with Crippen LogP contribution in [0.3, 0.4) is 0 Å². The van der Waals surface area contributed by atoms with Crippen molar-refractivity contribution in [2.45, 2.75) is 26.3 Å². The van der Waals surface area contributed by atoms with Crippen molar-refractivity contribution >= 4 is 28.6 Å². The van der Waals surface area contributed by atoms with Gasteiger partial charge in [-0.15, -0.1) is 10.2 Å². The van der Waals surface area contributed by atoms with E-state index in [1.165, 1.54) is 4.80 Å². The molecule has 2 aromatic heterocycles. The van der Waals surface area contributed by atoms with Crippen molar-refractivity contribution in [1.29, 1.82) is 0 Å². The van der Waals surface area contributed by atoms with E-state index in [9.17, 15) is 4.79 Å². The summed E-state index contributed by atoms with van der Waals surface area (Å²) in [6, 6.07) is 0. The van der Waals surface area contributed by atoms with Crippen LogP contribution in [-0.4, -0.2) is 42.6 Å². The van der Waals surface area contributed by atoms with Gasteiger partial charge in [0.2, 0.25) is 5.82 Å². The molecule has 0 spiro atoms. The summed E-state index contributed by atoms with van der Waals surface area (Å²) in [5, 5.41) is 16.4. The summed E-state index contributed by atoms with van der Waals surface area (Å²) in [4.78, 5) is 12.5. The molecule has 0 amide bonds. The van der Waals surface area contributed by atoms with E-state index in [1.807, 2.05) is 7.05 Å². The van der Waals surface area contributed by atoms with E-state index in [1.54, 1.807) is 17.8 Å². The highest BCUT2D eigenvalue weighted by Gasteiger charge is 2.14. The van der Waals surface area contributed by atoms with Gasteiger partial charge in [0.05, 0.1) is 22.9 Å². The first-order valence-corrected chi connectivity index (χ1v) is 7.31. The number of rotatable bonds is 6. The van der Waals surface area contributed by atoms with E-state index in [0.29, 0.717) is 31.8 Å². The number of hydrogen-bond acceptors (Lipinski definition) is 6. The molecule has 2 rings (SSSR count). The van der Waals surface area contributed by atoms with Crippen molar-refractivity contribution in [3.63, 3.8) is 0 Å². The van der Waals surface area contributed by atoms with Gasteiger partial charge in [-0.3, -0.25) is 9.48 Å². The molecule has 20 heavy (non-hydrogen) atoms. The molecule has 0 fully saturated rings. The lowest BCUT2D eigenvalue weighted by atomic mass is 10.4. The van der Waals surface area contributed by atoms with Gasteiger partial charge in [0, 0.05) is 19.9 Å². The van der Waals surface area contributed by atoms with Gasteiger partial charge in [-0.05, 0) is 27.8 Å². The fraction of sp³-hybridized carbons (Fsp3) is 0.545. The number of carbonyl (C=O) groups is 1. The molecule has 9 heteroatoms. The van der Waals surface area contributed by atoms with E-state index < -0.39 is 0 Å². The molecule has 0 radical (unpaired) electrons. The summed E-state index contributed by atoms with van der Waals surface area (Å²) in [6.45, 7) is 2.69. The monoisotopic (exact) mass is 390 g/mol. The number of hydrogen-bond donors (Lipinski definition) is 0. The molecule has 0 N–H and O–H groups in total. The number of aryl methyl sites for hydroxylation is 2. The van der Waals surface area contributed by atoms with Crippen LogP contribution in [0.4, 0.5) is 0 Å². The largest absolute Gasteiger partial charge is 0.466 e. The Labute approximate surface area is 129 Å². The summed E-state index contributed by atoms with van der Waals surface area (Å²) in [5.41, 5.74) is 0.842. The van der Waals surface area contributed by atoms with E-state index in [-0.39, 0.29) is 5.97 Å². The summed E-state index contributed by atoms with van der Waals surface area (Å²) < 4.78 is 7.67. The highest BCUT2D eigenvalue weighted by atomic mass is 127. The van der Waals surface area contributed by atoms with Gasteiger partial charge in [-0.2, -0.15) is 9.90 Å². The number of ether oxygens (including phenoxy) is 1. The van der Waals surface area contributed by atoms with Crippen LogP contribution in [0.1, 0.15) is 19.8 Å². The Balaban J connectivity index is 1.91. The van der Waals surface area contributed by atoms with Crippen LogP contribution < -0.4 is 0 Å². The smallest absolute Gasteiger partial charge is 0.305 e. The second-order valence-electron chi connectivity index (χ2n) is 4.10. The molecule has 0 atom stereocenters. The number of carbonyl (C=O) groups excluding carboxylic acids is 1. The third kappa shape index (κ3) is 3.52. The predicted molar refractivity (Wildman–Crippen MR) is 78.6 cm³/mol. The minimum absolute atomic E-state index is 0.193. The Kier molecular flexibility index (Phi) is 5.04. The summed E-state index contributed by atoms with van der Waals surface area (Å²) >= 11 is 2.18. The first kappa shape index (κ1) is 14.9. The molecule has 0 saturated heterocycles. The van der Waals surface area contributed by atoms with E-state index in [2.05, 4.69) is 43.1 Å². The minimum atomic E-state index is -0.193. The fourth-order valence-electron chi connectivity index (χ4n) is 1.59. The second kappa shape index (κ2) is 6.77. The lowest BCUT2D eigenvalue weighted by Gasteiger charge is -2.01. The van der Waals surface area contributed by atoms with Gasteiger partial charge in [0.1, 0.15) is 5.69 Å². The normalized spacial score (nSPS) is 10.8. The van der Waals surface area contributed by atoms with Crippen molar-refractivity contribution in [3.8, 4) is 11.5 Å². The molecule has 8 nitrogen and oxygen atoms in total. The molecule has 108 valence electrons. The molecule has 0 aliphatic carbocycles. The molecule has 0 aliphatic heterocycles. The van der Waals surface area contributed by atoms with Crippen molar-refractivity contribution in [2.24, 2.45) is 7.05 Å². The number of esters is 1. The van der Waals surface area contributed by atoms with Crippen molar-refractivity contribution in [2.75, 3.05) is 6.61 Å². The topological polar surface area (TPSA) is 87.7 Å². The Bertz CT molecular complexity index is 574. The maximum absolute atomic E-state index is 11.0. The average molecular weight is 390 g/mol. The van der Waals surface area contributed by atoms with Crippen LogP contribution in [0.15, 0.2) is 6.20 Å². The van der Waals surface area contributed by atoms with Crippen LogP contribution in [-0.2, 0) is 23.1 Å². The third-order valence-corrected chi connectivity index (χ3v) is 3.40. The Morgan fingerprint density at radius 3 is 2.95 bits per heavy atom. The number of tetrazole rings is 1. The summed E-state index contributed by atoms with van der Waals surface area (Å²) in [6.07, 6.45) is 2.80. The van der Waals surface area contributed by atoms with Gasteiger partial charge in [-0.25, -0.2) is 0 Å². The summed E-state index contributed by atoms with van der Waals surface area (Å²) in [5.74, 6) is 0.349. The highest BCUT2D eigenvalue weighted by molar-refractivity contribution is 14.1. The SMILES string of the molecule is CCC(=O)OCCCn1nnc(-c2c(I)cnn2C)n1. The molecule has 0 bridgehead atoms. The van der Waals surface area contributed by atoms with Gasteiger partial charge >= 0.3 is 5.97 Å². The third-order valence-electron chi connectivity index (χ3n) is 2.61. The molecule has 0 unspecified atom stereocenters. The zero-order chi connectivity index (χ0) is 14.5. The number of halogens is 1. The molecular formula is C11H15IN6O2. The first-order chi connectivity index (χ1) is 9.61. The minimum Gasteiger partial charge on any atom is -0.466 e. The van der Waals surface area contributed by atoms with Crippen LogP contribution >= 0.6 is 22.6 Å². The maximum Gasteiger partial charge on any atom is 0.305 e. The molecule has 0 aromatic carbocycles. The van der Waals surface area contributed by atoms with Gasteiger partial charge < -0.3 is 4.74 Å². The predicted octanol–water partition coefficient (Wildman–Crippen LogP) is 1.02. The van der Waals surface area contributed by atoms with Crippen LogP contribution in [0.2, 0.25) is 0 Å². The fourth-order valence-corrected chi connectivity index (χ4v) is 2.30. The van der Waals surface area contributed by atoms with Crippen molar-refractivity contribution < 1.29 is 9.53 Å². The Morgan fingerprint density at radius 1 is 1.50 bits per heavy atom. The van der Waals surface area contributed by atoms with E-state index >= 15 is 0 Å². The van der Waals surface area contributed by atoms with Gasteiger partial charge in [-0.1, -0.05) is 6.92 Å². The zero-order valence-corrected chi connectivity index (χ0v) is 13.4. The highest BCUT2D eigenvalue weighted by Crippen LogP contribution is 2.19. The maximum atomic E-state index is 11.0. The molecule has 0 aliphatic rings. The van der Waals surface area contributed by atoms with Crippen LogP contribution in [0, 0.1) is 3.57 Å². The lowest BCUT2D eigenvalue weighted by molar-refractivity contribution is -0.143. The molecule has 2 aromatic rings. The molecule has 0 saturated carbocycles. The van der Waals surface area contributed by atoms with E-state index in [0.717, 1.165) is 9.26 Å².